The first-order valence-electron chi connectivity index (χ1n) is 8.92. The molecule has 2 aromatic rings. The molecule has 2 rings (SSSR count). The van der Waals surface area contributed by atoms with Crippen LogP contribution in [-0.2, 0) is 4.43 Å². The molecule has 0 radical (unpaired) electrons. The molecule has 0 bridgehead atoms. The topological polar surface area (TPSA) is 9.23 Å². The van der Waals surface area contributed by atoms with Gasteiger partial charge in [0.25, 0.3) is 8.32 Å². The van der Waals surface area contributed by atoms with Gasteiger partial charge in [0, 0.05) is 3.58 Å². The molecule has 0 N–H and O–H groups in total. The van der Waals surface area contributed by atoms with Crippen molar-refractivity contribution in [1.29, 1.82) is 0 Å². The largest absolute Gasteiger partial charge is 0.403 e. The normalized spacial score (nSPS) is 13.5. The molecule has 0 heterocycles. The van der Waals surface area contributed by atoms with Crippen LogP contribution < -0.4 is 10.4 Å². The van der Waals surface area contributed by atoms with Crippen LogP contribution in [0.1, 0.15) is 41.0 Å². The van der Waals surface area contributed by atoms with E-state index >= 15 is 0 Å². The van der Waals surface area contributed by atoms with Crippen molar-refractivity contribution >= 4 is 41.3 Å². The second-order valence-electron chi connectivity index (χ2n) is 7.49. The molecule has 0 amide bonds. The zero-order chi connectivity index (χ0) is 18.5. The first-order chi connectivity index (χ1) is 11.8. The summed E-state index contributed by atoms with van der Waals surface area (Å²) in [6, 6.07) is 21.7. The average Bonchev–Trinajstić information content (AvgIpc) is 2.62. The maximum absolute atomic E-state index is 6.92. The zero-order valence-corrected chi connectivity index (χ0v) is 19.1. The third kappa shape index (κ3) is 4.44. The minimum atomic E-state index is -2.41. The number of hydrogen-bond donors (Lipinski definition) is 0. The fourth-order valence-corrected chi connectivity index (χ4v) is 8.60. The van der Waals surface area contributed by atoms with Gasteiger partial charge in [0.1, 0.15) is 0 Å². The highest BCUT2D eigenvalue weighted by Crippen LogP contribution is 2.37. The van der Waals surface area contributed by atoms with Gasteiger partial charge in [0.05, 0.1) is 6.61 Å². The number of hydrogen-bond acceptors (Lipinski definition) is 1. The van der Waals surface area contributed by atoms with Crippen LogP contribution in [0.5, 0.6) is 0 Å². The Labute approximate surface area is 167 Å². The Morgan fingerprint density at radius 3 is 1.72 bits per heavy atom. The van der Waals surface area contributed by atoms with Crippen molar-refractivity contribution < 1.29 is 4.43 Å². The molecule has 25 heavy (non-hydrogen) atoms. The Morgan fingerprint density at radius 1 is 0.920 bits per heavy atom. The SMILES string of the molecule is CC/C(C)=C(\I)CO[Si](c1ccccc1)(c1ccccc1)C(C)(C)C. The van der Waals surface area contributed by atoms with Crippen molar-refractivity contribution in [2.24, 2.45) is 0 Å². The number of benzene rings is 2. The Balaban J connectivity index is 2.61. The highest BCUT2D eigenvalue weighted by molar-refractivity contribution is 14.1. The third-order valence-corrected chi connectivity index (χ3v) is 11.0. The Morgan fingerprint density at radius 2 is 1.36 bits per heavy atom. The Kier molecular flexibility index (Phi) is 7.06. The first-order valence-corrected chi connectivity index (χ1v) is 11.9. The third-order valence-electron chi connectivity index (χ3n) is 4.83. The van der Waals surface area contributed by atoms with Crippen LogP contribution in [0.4, 0.5) is 0 Å². The molecule has 0 spiro atoms. The summed E-state index contributed by atoms with van der Waals surface area (Å²) in [6.45, 7) is 12.1. The van der Waals surface area contributed by atoms with Gasteiger partial charge in [-0.2, -0.15) is 0 Å². The number of rotatable bonds is 6. The molecule has 0 saturated carbocycles. The van der Waals surface area contributed by atoms with E-state index in [1.165, 1.54) is 19.5 Å². The molecule has 1 nitrogen and oxygen atoms in total. The van der Waals surface area contributed by atoms with Gasteiger partial charge in [0.2, 0.25) is 0 Å². The molecule has 2 aromatic carbocycles. The predicted octanol–water partition coefficient (Wildman–Crippen LogP) is 5.68. The van der Waals surface area contributed by atoms with E-state index in [-0.39, 0.29) is 5.04 Å². The van der Waals surface area contributed by atoms with Crippen LogP contribution in [0, 0.1) is 0 Å². The summed E-state index contributed by atoms with van der Waals surface area (Å²) in [4.78, 5) is 0. The minimum absolute atomic E-state index is 0.0345. The second-order valence-corrected chi connectivity index (χ2v) is 13.1. The van der Waals surface area contributed by atoms with Crippen LogP contribution in [0.25, 0.3) is 0 Å². The number of allylic oxidation sites excluding steroid dienone is 1. The molecule has 0 aromatic heterocycles. The quantitative estimate of drug-likeness (QED) is 0.395. The van der Waals surface area contributed by atoms with Crippen molar-refractivity contribution in [3.63, 3.8) is 0 Å². The average molecular weight is 464 g/mol. The molecular formula is C22H29IOSi. The van der Waals surface area contributed by atoms with Gasteiger partial charge in [-0.05, 0) is 51.3 Å². The summed E-state index contributed by atoms with van der Waals surface area (Å²) in [5.41, 5.74) is 1.42. The molecule has 0 aliphatic carbocycles. The van der Waals surface area contributed by atoms with Crippen molar-refractivity contribution in [2.75, 3.05) is 6.61 Å². The molecule has 0 saturated heterocycles. The van der Waals surface area contributed by atoms with Crippen LogP contribution in [0.3, 0.4) is 0 Å². The van der Waals surface area contributed by atoms with E-state index in [9.17, 15) is 0 Å². The van der Waals surface area contributed by atoms with Crippen LogP contribution in [-0.4, -0.2) is 14.9 Å². The summed E-state index contributed by atoms with van der Waals surface area (Å²) < 4.78 is 8.25. The van der Waals surface area contributed by atoms with Gasteiger partial charge < -0.3 is 4.43 Å². The van der Waals surface area contributed by atoms with E-state index in [1.807, 2.05) is 0 Å². The van der Waals surface area contributed by atoms with Crippen LogP contribution in [0.2, 0.25) is 5.04 Å². The van der Waals surface area contributed by atoms with Gasteiger partial charge in [-0.25, -0.2) is 0 Å². The summed E-state index contributed by atoms with van der Waals surface area (Å²) in [7, 11) is -2.41. The van der Waals surface area contributed by atoms with E-state index in [2.05, 4.69) is 118 Å². The lowest BCUT2D eigenvalue weighted by Crippen LogP contribution is -2.66. The van der Waals surface area contributed by atoms with E-state index < -0.39 is 8.32 Å². The molecule has 134 valence electrons. The molecule has 0 fully saturated rings. The van der Waals surface area contributed by atoms with E-state index in [0.717, 1.165) is 6.42 Å². The maximum Gasteiger partial charge on any atom is 0.261 e. The lowest BCUT2D eigenvalue weighted by molar-refractivity contribution is 0.337. The smallest absolute Gasteiger partial charge is 0.261 e. The van der Waals surface area contributed by atoms with Crippen LogP contribution in [0.15, 0.2) is 69.8 Å². The fourth-order valence-electron chi connectivity index (χ4n) is 3.25. The van der Waals surface area contributed by atoms with Crippen LogP contribution >= 0.6 is 22.6 Å². The van der Waals surface area contributed by atoms with Crippen molar-refractivity contribution in [1.82, 2.24) is 0 Å². The van der Waals surface area contributed by atoms with E-state index in [1.54, 1.807) is 0 Å². The van der Waals surface area contributed by atoms with Gasteiger partial charge in [0.15, 0.2) is 0 Å². The van der Waals surface area contributed by atoms with Gasteiger partial charge >= 0.3 is 0 Å². The van der Waals surface area contributed by atoms with E-state index in [4.69, 9.17) is 4.43 Å². The van der Waals surface area contributed by atoms with Crippen molar-refractivity contribution in [3.05, 3.63) is 69.8 Å². The second kappa shape index (κ2) is 8.65. The fraction of sp³-hybridized carbons (Fsp3) is 0.364. The summed E-state index contributed by atoms with van der Waals surface area (Å²) in [5.74, 6) is 0. The standard InChI is InChI=1S/C22H29IOSi/c1-6-18(2)21(23)17-24-25(22(3,4)5,19-13-9-7-10-14-19)20-15-11-8-12-16-20/h7-16H,6,17H2,1-5H3/b21-18-. The van der Waals surface area contributed by atoms with Gasteiger partial charge in [-0.3, -0.25) is 0 Å². The lowest BCUT2D eigenvalue weighted by atomic mass is 10.2. The summed E-state index contributed by atoms with van der Waals surface area (Å²) in [6.07, 6.45) is 1.07. The molecule has 0 unspecified atom stereocenters. The summed E-state index contributed by atoms with van der Waals surface area (Å²) >= 11 is 2.45. The molecular weight excluding hydrogens is 435 g/mol. The Bertz CT molecular complexity index is 662. The zero-order valence-electron chi connectivity index (χ0n) is 16.0. The van der Waals surface area contributed by atoms with Crippen molar-refractivity contribution in [2.45, 2.75) is 46.1 Å². The number of halogens is 1. The highest BCUT2D eigenvalue weighted by atomic mass is 127. The van der Waals surface area contributed by atoms with Crippen molar-refractivity contribution in [3.8, 4) is 0 Å². The first kappa shape index (κ1) is 20.4. The predicted molar refractivity (Wildman–Crippen MR) is 121 cm³/mol. The molecule has 0 aliphatic heterocycles. The molecule has 3 heteroatoms. The monoisotopic (exact) mass is 464 g/mol. The maximum atomic E-state index is 6.92. The van der Waals surface area contributed by atoms with Gasteiger partial charge in [-0.1, -0.05) is 93.9 Å². The molecule has 0 aliphatic rings. The Hall–Kier alpha value is -0.913. The van der Waals surface area contributed by atoms with E-state index in [0.29, 0.717) is 6.61 Å². The highest BCUT2D eigenvalue weighted by Gasteiger charge is 2.50. The summed E-state index contributed by atoms with van der Waals surface area (Å²) in [5, 5.41) is 2.71. The minimum Gasteiger partial charge on any atom is -0.403 e. The van der Waals surface area contributed by atoms with Gasteiger partial charge in [-0.15, -0.1) is 0 Å². The molecule has 0 atom stereocenters. The lowest BCUT2D eigenvalue weighted by Gasteiger charge is -2.43.